The van der Waals surface area contributed by atoms with E-state index in [2.05, 4.69) is 13.8 Å². The first-order valence-corrected chi connectivity index (χ1v) is 13.1. The topological polar surface area (TPSA) is 82.9 Å². The molecule has 1 aliphatic carbocycles. The van der Waals surface area contributed by atoms with Crippen LogP contribution in [0.4, 0.5) is 5.69 Å². The lowest BCUT2D eigenvalue weighted by molar-refractivity contribution is -0.118. The molecule has 0 unspecified atom stereocenters. The summed E-state index contributed by atoms with van der Waals surface area (Å²) in [5.41, 5.74) is 4.49. The van der Waals surface area contributed by atoms with Gasteiger partial charge in [0.2, 0.25) is 0 Å². The number of carbonyl (C=O) groups excluding carboxylic acids is 1. The maximum Gasteiger partial charge on any atom is 0.162 e. The molecule has 0 aromatic heterocycles. The highest BCUT2D eigenvalue weighted by Gasteiger charge is 2.47. The fourth-order valence-electron chi connectivity index (χ4n) is 5.72. The fraction of sp³-hybridized carbons (Fsp3) is 0.273. The molecular formula is C33H34N2O4. The summed E-state index contributed by atoms with van der Waals surface area (Å²) in [5, 5.41) is 21.5. The number of Topliss-reactive ketones (excluding diaryl/α,β-unsaturated/α-hetero) is 1. The fourth-order valence-corrected chi connectivity index (χ4v) is 5.72. The molecule has 200 valence electrons. The van der Waals surface area contributed by atoms with Gasteiger partial charge in [0, 0.05) is 40.1 Å². The molecule has 1 atom stereocenters. The number of benzene rings is 3. The molecule has 0 amide bonds. The van der Waals surface area contributed by atoms with Crippen LogP contribution in [0.25, 0.3) is 5.76 Å². The second-order valence-corrected chi connectivity index (χ2v) is 11.0. The number of carbonyl (C=O) groups is 1. The van der Waals surface area contributed by atoms with Crippen molar-refractivity contribution in [2.45, 2.75) is 39.5 Å². The molecule has 0 saturated heterocycles. The average Bonchev–Trinajstić information content (AvgIpc) is 2.92. The Kier molecular flexibility index (Phi) is 6.81. The van der Waals surface area contributed by atoms with Gasteiger partial charge in [-0.05, 0) is 49.1 Å². The minimum absolute atomic E-state index is 0.00115. The molecule has 0 spiro atoms. The predicted octanol–water partition coefficient (Wildman–Crippen LogP) is 7.21. The first-order chi connectivity index (χ1) is 18.6. The molecule has 5 rings (SSSR count). The monoisotopic (exact) mass is 522 g/mol. The van der Waals surface area contributed by atoms with Crippen molar-refractivity contribution < 1.29 is 19.4 Å². The number of nitrogens with zero attached hydrogens (tertiary/aromatic N) is 1. The van der Waals surface area contributed by atoms with Gasteiger partial charge in [0.15, 0.2) is 5.78 Å². The van der Waals surface area contributed by atoms with Gasteiger partial charge in [0.25, 0.3) is 0 Å². The van der Waals surface area contributed by atoms with Crippen LogP contribution >= 0.6 is 0 Å². The van der Waals surface area contributed by atoms with E-state index >= 15 is 0 Å². The van der Waals surface area contributed by atoms with Crippen molar-refractivity contribution in [2.75, 3.05) is 19.1 Å². The van der Waals surface area contributed by atoms with Gasteiger partial charge in [0.05, 0.1) is 20.1 Å². The molecule has 2 N–H and O–H groups in total. The summed E-state index contributed by atoms with van der Waals surface area (Å²) < 4.78 is 11.3. The zero-order valence-electron chi connectivity index (χ0n) is 23.0. The summed E-state index contributed by atoms with van der Waals surface area (Å²) in [5.74, 6) is 0.516. The standard InChI is InChI=1S/C33H34N2O4/c1-20-11-13-21(14-12-20)31(37)30-28(24-17-23(38-4)15-16-27(24)39-5)29-25(18-33(2,3)19-26(29)36)35(32(30)34)22-9-7-6-8-10-22/h6-17,28,34,37H,18-19H2,1-5H3/b31-30+,34-32?/t28-/m1/s1. The summed E-state index contributed by atoms with van der Waals surface area (Å²) in [6, 6.07) is 22.6. The van der Waals surface area contributed by atoms with E-state index in [1.807, 2.05) is 72.5 Å². The zero-order chi connectivity index (χ0) is 27.9. The third kappa shape index (κ3) is 4.71. The number of nitrogens with one attached hydrogen (secondary N) is 1. The predicted molar refractivity (Wildman–Crippen MR) is 155 cm³/mol. The number of rotatable bonds is 5. The van der Waals surface area contributed by atoms with Crippen molar-refractivity contribution in [3.63, 3.8) is 0 Å². The van der Waals surface area contributed by atoms with E-state index in [1.54, 1.807) is 26.4 Å². The molecule has 6 nitrogen and oxygen atoms in total. The van der Waals surface area contributed by atoms with Gasteiger partial charge < -0.3 is 14.6 Å². The minimum Gasteiger partial charge on any atom is -0.507 e. The first-order valence-electron chi connectivity index (χ1n) is 13.1. The van der Waals surface area contributed by atoms with Gasteiger partial charge in [-0.15, -0.1) is 0 Å². The van der Waals surface area contributed by atoms with Crippen LogP contribution in [0, 0.1) is 17.7 Å². The van der Waals surface area contributed by atoms with Gasteiger partial charge >= 0.3 is 0 Å². The van der Waals surface area contributed by atoms with E-state index in [0.717, 1.165) is 16.9 Å². The summed E-state index contributed by atoms with van der Waals surface area (Å²) in [4.78, 5) is 15.9. The molecule has 1 heterocycles. The van der Waals surface area contributed by atoms with Gasteiger partial charge in [0.1, 0.15) is 23.1 Å². The van der Waals surface area contributed by atoms with E-state index in [0.29, 0.717) is 46.6 Å². The highest BCUT2D eigenvalue weighted by Crippen LogP contribution is 2.53. The van der Waals surface area contributed by atoms with E-state index in [4.69, 9.17) is 9.47 Å². The van der Waals surface area contributed by atoms with Crippen LogP contribution in [0.2, 0.25) is 0 Å². The number of anilines is 1. The summed E-state index contributed by atoms with van der Waals surface area (Å²) in [6.07, 6.45) is 0.968. The Bertz CT molecular complexity index is 1500. The number of aryl methyl sites for hydroxylation is 1. The van der Waals surface area contributed by atoms with Gasteiger partial charge in [-0.25, -0.2) is 0 Å². The maximum atomic E-state index is 14.1. The molecule has 0 radical (unpaired) electrons. The van der Waals surface area contributed by atoms with Crippen LogP contribution in [0.3, 0.4) is 0 Å². The van der Waals surface area contributed by atoms with Gasteiger partial charge in [-0.1, -0.05) is 61.9 Å². The number of methoxy groups -OCH3 is 2. The number of ketones is 1. The van der Waals surface area contributed by atoms with Crippen molar-refractivity contribution in [3.8, 4) is 11.5 Å². The summed E-state index contributed by atoms with van der Waals surface area (Å²) in [7, 11) is 3.17. The van der Waals surface area contributed by atoms with Crippen molar-refractivity contribution in [1.82, 2.24) is 0 Å². The molecule has 3 aromatic carbocycles. The second kappa shape index (κ2) is 10.1. The minimum atomic E-state index is -0.720. The lowest BCUT2D eigenvalue weighted by atomic mass is 9.67. The smallest absolute Gasteiger partial charge is 0.162 e. The Morgan fingerprint density at radius 1 is 0.974 bits per heavy atom. The van der Waals surface area contributed by atoms with Crippen LogP contribution in [-0.2, 0) is 4.79 Å². The highest BCUT2D eigenvalue weighted by atomic mass is 16.5. The highest BCUT2D eigenvalue weighted by molar-refractivity contribution is 6.19. The number of hydrogen-bond donors (Lipinski definition) is 2. The lowest BCUT2D eigenvalue weighted by Gasteiger charge is -2.45. The van der Waals surface area contributed by atoms with Crippen LogP contribution in [-0.4, -0.2) is 30.9 Å². The Morgan fingerprint density at radius 2 is 1.67 bits per heavy atom. The zero-order valence-corrected chi connectivity index (χ0v) is 23.0. The maximum absolute atomic E-state index is 14.1. The van der Waals surface area contributed by atoms with Crippen molar-refractivity contribution in [2.24, 2.45) is 5.41 Å². The number of aliphatic hydroxyl groups is 1. The van der Waals surface area contributed by atoms with Gasteiger partial charge in [-0.2, -0.15) is 0 Å². The Hall–Kier alpha value is -4.32. The lowest BCUT2D eigenvalue weighted by Crippen LogP contribution is -2.45. The quantitative estimate of drug-likeness (QED) is 0.346. The van der Waals surface area contributed by atoms with E-state index in [-0.39, 0.29) is 22.8 Å². The number of amidine groups is 1. The molecule has 6 heteroatoms. The molecule has 0 saturated carbocycles. The number of allylic oxidation sites excluding steroid dienone is 2. The van der Waals surface area contributed by atoms with Crippen LogP contribution in [0.1, 0.15) is 49.3 Å². The summed E-state index contributed by atoms with van der Waals surface area (Å²) >= 11 is 0. The molecular weight excluding hydrogens is 488 g/mol. The average molecular weight is 523 g/mol. The molecule has 3 aromatic rings. The summed E-state index contributed by atoms with van der Waals surface area (Å²) in [6.45, 7) is 6.15. The van der Waals surface area contributed by atoms with Crippen molar-refractivity contribution >= 4 is 23.1 Å². The van der Waals surface area contributed by atoms with E-state index < -0.39 is 5.92 Å². The third-order valence-electron chi connectivity index (χ3n) is 7.56. The largest absolute Gasteiger partial charge is 0.507 e. The van der Waals surface area contributed by atoms with Crippen molar-refractivity contribution in [1.29, 1.82) is 5.41 Å². The molecule has 0 fully saturated rings. The molecule has 39 heavy (non-hydrogen) atoms. The Labute approximate surface area is 229 Å². The van der Waals surface area contributed by atoms with Crippen LogP contribution < -0.4 is 14.4 Å². The third-order valence-corrected chi connectivity index (χ3v) is 7.56. The number of ether oxygens (including phenoxy) is 2. The van der Waals surface area contributed by atoms with Crippen molar-refractivity contribution in [3.05, 3.63) is 106 Å². The molecule has 2 aliphatic rings. The second-order valence-electron chi connectivity index (χ2n) is 11.0. The Morgan fingerprint density at radius 3 is 2.31 bits per heavy atom. The SMILES string of the molecule is COc1ccc(OC)c([C@@H]2C3=C(CC(C)(C)CC3=O)N(c3ccccc3)C(=N)/C2=C(/O)c2ccc(C)cc2)c1. The van der Waals surface area contributed by atoms with E-state index in [9.17, 15) is 15.3 Å². The van der Waals surface area contributed by atoms with Gasteiger partial charge in [-0.3, -0.25) is 15.1 Å². The van der Waals surface area contributed by atoms with E-state index in [1.165, 1.54) is 0 Å². The molecule has 1 aliphatic heterocycles. The number of hydrogen-bond acceptors (Lipinski definition) is 5. The Balaban J connectivity index is 1.89. The number of aliphatic hydroxyl groups excluding tert-OH is 1. The van der Waals surface area contributed by atoms with Crippen LogP contribution in [0.5, 0.6) is 11.5 Å². The normalized spacial score (nSPS) is 20.0. The molecule has 0 bridgehead atoms. The number of para-hydroxylation sites is 1. The first kappa shape index (κ1) is 26.3. The van der Waals surface area contributed by atoms with Crippen LogP contribution in [0.15, 0.2) is 89.6 Å².